The van der Waals surface area contributed by atoms with Crippen LogP contribution in [0.25, 0.3) is 0 Å². The number of carbonyl (C=O) groups is 2. The number of aliphatic carboxylic acids is 1. The molecular formula is C11H19N3O4. The van der Waals surface area contributed by atoms with Crippen LogP contribution in [-0.2, 0) is 9.53 Å². The summed E-state index contributed by atoms with van der Waals surface area (Å²) in [6, 6.07) is 1.12. The van der Waals surface area contributed by atoms with Crippen molar-refractivity contribution in [2.24, 2.45) is 0 Å². The molecule has 0 bridgehead atoms. The summed E-state index contributed by atoms with van der Waals surface area (Å²) in [5.41, 5.74) is 0. The average Bonchev–Trinajstić information content (AvgIpc) is 2.27. The minimum absolute atomic E-state index is 0.137. The van der Waals surface area contributed by atoms with Gasteiger partial charge >= 0.3 is 12.0 Å². The molecule has 18 heavy (non-hydrogen) atoms. The summed E-state index contributed by atoms with van der Waals surface area (Å²) in [6.45, 7) is 2.65. The molecule has 2 N–H and O–H groups in total. The minimum atomic E-state index is -0.969. The summed E-state index contributed by atoms with van der Waals surface area (Å²) in [5.74, 6) is -0.969. The second-order valence-electron chi connectivity index (χ2n) is 3.84. The van der Waals surface area contributed by atoms with Crippen LogP contribution in [0.5, 0.6) is 0 Å². The molecule has 0 heterocycles. The predicted molar refractivity (Wildman–Crippen MR) is 63.9 cm³/mol. The molecule has 0 rings (SSSR count). The Hall–Kier alpha value is -1.81. The molecule has 0 aliphatic rings. The fraction of sp³-hybridized carbons (Fsp3) is 0.727. The first kappa shape index (κ1) is 16.2. The molecule has 1 unspecified atom stereocenters. The van der Waals surface area contributed by atoms with Crippen molar-refractivity contribution in [3.05, 3.63) is 0 Å². The summed E-state index contributed by atoms with van der Waals surface area (Å²) in [6.07, 6.45) is 0.0898. The summed E-state index contributed by atoms with van der Waals surface area (Å²) in [5, 5.41) is 19.7. The number of carbonyl (C=O) groups excluding carboxylic acids is 1. The molecule has 0 spiro atoms. The zero-order valence-electron chi connectivity index (χ0n) is 10.7. The van der Waals surface area contributed by atoms with Crippen molar-refractivity contribution in [3.8, 4) is 6.07 Å². The van der Waals surface area contributed by atoms with E-state index in [0.717, 1.165) is 0 Å². The van der Waals surface area contributed by atoms with E-state index < -0.39 is 12.0 Å². The Morgan fingerprint density at radius 2 is 2.17 bits per heavy atom. The van der Waals surface area contributed by atoms with E-state index in [4.69, 9.17) is 15.1 Å². The van der Waals surface area contributed by atoms with Crippen LogP contribution in [0.3, 0.4) is 0 Å². The Morgan fingerprint density at radius 3 is 2.67 bits per heavy atom. The van der Waals surface area contributed by atoms with Crippen LogP contribution in [0, 0.1) is 11.3 Å². The van der Waals surface area contributed by atoms with E-state index in [0.29, 0.717) is 19.7 Å². The number of amides is 2. The summed E-state index contributed by atoms with van der Waals surface area (Å²) in [4.78, 5) is 23.7. The Morgan fingerprint density at radius 1 is 1.50 bits per heavy atom. The lowest BCUT2D eigenvalue weighted by atomic mass is 10.2. The van der Waals surface area contributed by atoms with Crippen LogP contribution in [0.1, 0.15) is 19.8 Å². The molecule has 0 fully saturated rings. The number of hydrogen-bond acceptors (Lipinski definition) is 4. The molecule has 7 heteroatoms. The highest BCUT2D eigenvalue weighted by Crippen LogP contribution is 1.97. The smallest absolute Gasteiger partial charge is 0.317 e. The van der Waals surface area contributed by atoms with Crippen LogP contribution in [-0.4, -0.2) is 54.9 Å². The lowest BCUT2D eigenvalue weighted by Crippen LogP contribution is -2.46. The van der Waals surface area contributed by atoms with Crippen molar-refractivity contribution in [1.29, 1.82) is 5.26 Å². The van der Waals surface area contributed by atoms with Gasteiger partial charge in [0.1, 0.15) is 0 Å². The van der Waals surface area contributed by atoms with E-state index in [-0.39, 0.29) is 18.9 Å². The molecule has 0 saturated carbocycles. The quantitative estimate of drug-likeness (QED) is 0.656. The molecule has 1 atom stereocenters. The topological polar surface area (TPSA) is 103 Å². The standard InChI is InChI=1S/C11H19N3O4/c1-9(8-10(15)16)13-11(17)14(5-3-4-12)6-7-18-2/h9H,3,5-8H2,1-2H3,(H,13,17)(H,15,16). The van der Waals surface area contributed by atoms with Gasteiger partial charge in [0.05, 0.1) is 25.5 Å². The van der Waals surface area contributed by atoms with E-state index in [1.807, 2.05) is 6.07 Å². The third kappa shape index (κ3) is 7.46. The highest BCUT2D eigenvalue weighted by Gasteiger charge is 2.16. The molecule has 0 aliphatic carbocycles. The van der Waals surface area contributed by atoms with Gasteiger partial charge in [0.2, 0.25) is 0 Å². The van der Waals surface area contributed by atoms with Gasteiger partial charge in [-0.2, -0.15) is 5.26 Å². The van der Waals surface area contributed by atoms with Gasteiger partial charge in [0.15, 0.2) is 0 Å². The number of hydrogen-bond donors (Lipinski definition) is 2. The molecule has 0 aromatic rings. The highest BCUT2D eigenvalue weighted by atomic mass is 16.5. The molecule has 0 aromatic heterocycles. The second kappa shape index (κ2) is 9.24. The van der Waals surface area contributed by atoms with Crippen LogP contribution >= 0.6 is 0 Å². The molecule has 0 saturated heterocycles. The maximum atomic E-state index is 11.8. The number of ether oxygens (including phenoxy) is 1. The van der Waals surface area contributed by atoms with Gasteiger partial charge in [-0.1, -0.05) is 0 Å². The third-order valence-electron chi connectivity index (χ3n) is 2.20. The number of rotatable bonds is 8. The van der Waals surface area contributed by atoms with Gasteiger partial charge in [-0.05, 0) is 6.92 Å². The highest BCUT2D eigenvalue weighted by molar-refractivity contribution is 5.75. The maximum Gasteiger partial charge on any atom is 0.317 e. The first-order valence-corrected chi connectivity index (χ1v) is 5.64. The van der Waals surface area contributed by atoms with Gasteiger partial charge in [-0.3, -0.25) is 4.79 Å². The zero-order valence-corrected chi connectivity index (χ0v) is 10.7. The van der Waals surface area contributed by atoms with E-state index >= 15 is 0 Å². The van der Waals surface area contributed by atoms with E-state index in [1.165, 1.54) is 12.0 Å². The molecule has 0 radical (unpaired) electrons. The fourth-order valence-electron chi connectivity index (χ4n) is 1.32. The van der Waals surface area contributed by atoms with Crippen LogP contribution in [0.2, 0.25) is 0 Å². The molecule has 2 amide bonds. The summed E-state index contributed by atoms with van der Waals surface area (Å²) < 4.78 is 4.87. The molecule has 0 aromatic carbocycles. The van der Waals surface area contributed by atoms with E-state index in [1.54, 1.807) is 6.92 Å². The van der Waals surface area contributed by atoms with Crippen molar-refractivity contribution in [3.63, 3.8) is 0 Å². The largest absolute Gasteiger partial charge is 0.481 e. The van der Waals surface area contributed by atoms with Crippen LogP contribution in [0.15, 0.2) is 0 Å². The molecule has 0 aliphatic heterocycles. The van der Waals surface area contributed by atoms with Gasteiger partial charge < -0.3 is 20.1 Å². The fourth-order valence-corrected chi connectivity index (χ4v) is 1.32. The Balaban J connectivity index is 4.26. The lowest BCUT2D eigenvalue weighted by Gasteiger charge is -2.23. The summed E-state index contributed by atoms with van der Waals surface area (Å²) >= 11 is 0. The number of nitriles is 1. The molecule has 7 nitrogen and oxygen atoms in total. The number of carboxylic acids is 1. The van der Waals surface area contributed by atoms with Crippen molar-refractivity contribution in [1.82, 2.24) is 10.2 Å². The maximum absolute atomic E-state index is 11.8. The number of nitrogens with one attached hydrogen (secondary N) is 1. The zero-order chi connectivity index (χ0) is 14.0. The van der Waals surface area contributed by atoms with Crippen molar-refractivity contribution in [2.75, 3.05) is 26.8 Å². The van der Waals surface area contributed by atoms with Gasteiger partial charge in [0.25, 0.3) is 0 Å². The second-order valence-corrected chi connectivity index (χ2v) is 3.84. The Kier molecular flexibility index (Phi) is 8.31. The van der Waals surface area contributed by atoms with E-state index in [2.05, 4.69) is 5.32 Å². The Bertz CT molecular complexity index is 314. The molecule has 102 valence electrons. The first-order valence-electron chi connectivity index (χ1n) is 5.64. The Labute approximate surface area is 106 Å². The normalized spacial score (nSPS) is 11.4. The predicted octanol–water partition coefficient (Wildman–Crippen LogP) is 0.421. The van der Waals surface area contributed by atoms with Crippen molar-refractivity contribution < 1.29 is 19.4 Å². The monoisotopic (exact) mass is 257 g/mol. The average molecular weight is 257 g/mol. The number of carboxylic acid groups (broad SMARTS) is 1. The number of nitrogens with zero attached hydrogens (tertiary/aromatic N) is 2. The van der Waals surface area contributed by atoms with Crippen LogP contribution < -0.4 is 5.32 Å². The molecular weight excluding hydrogens is 238 g/mol. The first-order chi connectivity index (χ1) is 8.51. The lowest BCUT2D eigenvalue weighted by molar-refractivity contribution is -0.137. The summed E-state index contributed by atoms with van der Waals surface area (Å²) in [7, 11) is 1.52. The third-order valence-corrected chi connectivity index (χ3v) is 2.20. The van der Waals surface area contributed by atoms with E-state index in [9.17, 15) is 9.59 Å². The van der Waals surface area contributed by atoms with Crippen molar-refractivity contribution >= 4 is 12.0 Å². The van der Waals surface area contributed by atoms with Gasteiger partial charge in [0, 0.05) is 26.2 Å². The van der Waals surface area contributed by atoms with Crippen molar-refractivity contribution in [2.45, 2.75) is 25.8 Å². The SMILES string of the molecule is COCCN(CCC#N)C(=O)NC(C)CC(=O)O. The minimum Gasteiger partial charge on any atom is -0.481 e. The number of urea groups is 1. The van der Waals surface area contributed by atoms with Crippen LogP contribution in [0.4, 0.5) is 4.79 Å². The van der Waals surface area contributed by atoms with Gasteiger partial charge in [-0.15, -0.1) is 0 Å². The van der Waals surface area contributed by atoms with Gasteiger partial charge in [-0.25, -0.2) is 4.79 Å². The number of methoxy groups -OCH3 is 1.